The predicted octanol–water partition coefficient (Wildman–Crippen LogP) is 2.75. The van der Waals surface area contributed by atoms with Gasteiger partial charge in [0.05, 0.1) is 23.7 Å². The van der Waals surface area contributed by atoms with E-state index in [1.165, 1.54) is 24.5 Å². The molecule has 2 N–H and O–H groups in total. The molecule has 2 rings (SSSR count). The van der Waals surface area contributed by atoms with Crippen LogP contribution >= 0.6 is 0 Å². The summed E-state index contributed by atoms with van der Waals surface area (Å²) in [7, 11) is 0. The zero-order valence-corrected chi connectivity index (χ0v) is 9.69. The Morgan fingerprint density at radius 2 is 1.95 bits per heavy atom. The summed E-state index contributed by atoms with van der Waals surface area (Å²) in [6.07, 6.45) is -1.69. The van der Waals surface area contributed by atoms with E-state index in [1.807, 2.05) is 0 Å². The van der Waals surface area contributed by atoms with Gasteiger partial charge in [-0.2, -0.15) is 13.2 Å². The number of benzene rings is 1. The molecule has 0 saturated heterocycles. The van der Waals surface area contributed by atoms with E-state index in [0.29, 0.717) is 5.69 Å². The van der Waals surface area contributed by atoms with Crippen LogP contribution in [0, 0.1) is 0 Å². The molecule has 0 atom stereocenters. The summed E-state index contributed by atoms with van der Waals surface area (Å²) in [5, 5.41) is 0. The molecule has 7 heteroatoms. The van der Waals surface area contributed by atoms with Gasteiger partial charge in [0, 0.05) is 6.54 Å². The number of nitrogens with zero attached hydrogens (tertiary/aromatic N) is 2. The highest BCUT2D eigenvalue weighted by Crippen LogP contribution is 2.32. The van der Waals surface area contributed by atoms with Crippen molar-refractivity contribution in [2.45, 2.75) is 12.7 Å². The lowest BCUT2D eigenvalue weighted by atomic mass is 10.2. The molecule has 1 aromatic carbocycles. The van der Waals surface area contributed by atoms with Crippen molar-refractivity contribution in [3.63, 3.8) is 0 Å². The Hall–Kier alpha value is -2.15. The van der Waals surface area contributed by atoms with Crippen LogP contribution in [0.5, 0.6) is 11.6 Å². The quantitative estimate of drug-likeness (QED) is 0.930. The van der Waals surface area contributed by atoms with Gasteiger partial charge in [0.1, 0.15) is 5.75 Å². The third-order valence-electron chi connectivity index (χ3n) is 2.27. The van der Waals surface area contributed by atoms with Gasteiger partial charge in [0.2, 0.25) is 5.88 Å². The minimum atomic E-state index is -4.41. The number of aromatic nitrogens is 2. The maximum Gasteiger partial charge on any atom is 0.416 e. The van der Waals surface area contributed by atoms with Crippen molar-refractivity contribution in [3.8, 4) is 11.6 Å². The van der Waals surface area contributed by atoms with Crippen LogP contribution in [-0.2, 0) is 12.7 Å². The van der Waals surface area contributed by atoms with Crippen LogP contribution in [-0.4, -0.2) is 9.97 Å². The summed E-state index contributed by atoms with van der Waals surface area (Å²) in [5.41, 5.74) is 5.14. The molecule has 0 radical (unpaired) electrons. The maximum atomic E-state index is 12.5. The summed E-state index contributed by atoms with van der Waals surface area (Å²) in [4.78, 5) is 7.82. The van der Waals surface area contributed by atoms with Crippen LogP contribution in [0.2, 0.25) is 0 Å². The average molecular weight is 269 g/mol. The molecule has 0 amide bonds. The van der Waals surface area contributed by atoms with E-state index >= 15 is 0 Å². The highest BCUT2D eigenvalue weighted by Gasteiger charge is 2.30. The predicted molar refractivity (Wildman–Crippen MR) is 61.4 cm³/mol. The Morgan fingerprint density at radius 1 is 1.16 bits per heavy atom. The summed E-state index contributed by atoms with van der Waals surface area (Å²) in [5.74, 6) is 0.154. The summed E-state index contributed by atoms with van der Waals surface area (Å²) in [6.45, 7) is 0.233. The normalized spacial score (nSPS) is 11.4. The maximum absolute atomic E-state index is 12.5. The van der Waals surface area contributed by atoms with Crippen LogP contribution in [0.15, 0.2) is 36.7 Å². The van der Waals surface area contributed by atoms with Gasteiger partial charge in [-0.3, -0.25) is 4.98 Å². The number of hydrogen-bond acceptors (Lipinski definition) is 4. The van der Waals surface area contributed by atoms with Crippen molar-refractivity contribution in [3.05, 3.63) is 47.9 Å². The summed E-state index contributed by atoms with van der Waals surface area (Å²) >= 11 is 0. The largest absolute Gasteiger partial charge is 0.437 e. The van der Waals surface area contributed by atoms with E-state index in [9.17, 15) is 13.2 Å². The van der Waals surface area contributed by atoms with Crippen molar-refractivity contribution >= 4 is 0 Å². The van der Waals surface area contributed by atoms with Crippen LogP contribution in [0.25, 0.3) is 0 Å². The fourth-order valence-electron chi connectivity index (χ4n) is 1.36. The molecule has 1 heterocycles. The van der Waals surface area contributed by atoms with Crippen LogP contribution in [0.4, 0.5) is 13.2 Å². The number of alkyl halides is 3. The molecule has 0 saturated carbocycles. The Bertz CT molecular complexity index is 555. The Labute approximate surface area is 107 Å². The number of hydrogen-bond donors (Lipinski definition) is 1. The molecule has 100 valence electrons. The molecule has 19 heavy (non-hydrogen) atoms. The first-order chi connectivity index (χ1) is 8.99. The Kier molecular flexibility index (Phi) is 3.66. The van der Waals surface area contributed by atoms with E-state index in [4.69, 9.17) is 10.5 Å². The topological polar surface area (TPSA) is 61.0 Å². The highest BCUT2D eigenvalue weighted by atomic mass is 19.4. The second-order valence-corrected chi connectivity index (χ2v) is 3.68. The SMILES string of the molecule is NCc1cnc(Oc2cccc(C(F)(F)F)c2)cn1. The molecule has 0 bridgehead atoms. The van der Waals surface area contributed by atoms with Gasteiger partial charge in [0.15, 0.2) is 0 Å². The molecule has 0 fully saturated rings. The van der Waals surface area contributed by atoms with Crippen molar-refractivity contribution in [2.75, 3.05) is 0 Å². The summed E-state index contributed by atoms with van der Waals surface area (Å²) in [6, 6.07) is 4.54. The summed E-state index contributed by atoms with van der Waals surface area (Å²) < 4.78 is 42.7. The number of rotatable bonds is 3. The van der Waals surface area contributed by atoms with Crippen molar-refractivity contribution in [2.24, 2.45) is 5.73 Å². The van der Waals surface area contributed by atoms with Crippen LogP contribution < -0.4 is 10.5 Å². The zero-order chi connectivity index (χ0) is 13.9. The zero-order valence-electron chi connectivity index (χ0n) is 9.69. The van der Waals surface area contributed by atoms with Crippen molar-refractivity contribution in [1.29, 1.82) is 0 Å². The second kappa shape index (κ2) is 5.23. The first-order valence-corrected chi connectivity index (χ1v) is 5.35. The number of halogens is 3. The Balaban J connectivity index is 2.18. The van der Waals surface area contributed by atoms with Gasteiger partial charge in [-0.1, -0.05) is 6.07 Å². The van der Waals surface area contributed by atoms with Gasteiger partial charge in [-0.05, 0) is 18.2 Å². The van der Waals surface area contributed by atoms with E-state index in [0.717, 1.165) is 12.1 Å². The lowest BCUT2D eigenvalue weighted by molar-refractivity contribution is -0.137. The fraction of sp³-hybridized carbons (Fsp3) is 0.167. The first kappa shape index (κ1) is 13.3. The molecule has 0 spiro atoms. The second-order valence-electron chi connectivity index (χ2n) is 3.68. The van der Waals surface area contributed by atoms with Crippen molar-refractivity contribution in [1.82, 2.24) is 9.97 Å². The van der Waals surface area contributed by atoms with E-state index in [2.05, 4.69) is 9.97 Å². The minimum Gasteiger partial charge on any atom is -0.437 e. The fourth-order valence-corrected chi connectivity index (χ4v) is 1.36. The molecule has 4 nitrogen and oxygen atoms in total. The van der Waals surface area contributed by atoms with Crippen molar-refractivity contribution < 1.29 is 17.9 Å². The van der Waals surface area contributed by atoms with Gasteiger partial charge in [-0.15, -0.1) is 0 Å². The van der Waals surface area contributed by atoms with Crippen LogP contribution in [0.3, 0.4) is 0 Å². The van der Waals surface area contributed by atoms with E-state index in [-0.39, 0.29) is 18.2 Å². The minimum absolute atomic E-state index is 0.0459. The third-order valence-corrected chi connectivity index (χ3v) is 2.27. The third kappa shape index (κ3) is 3.41. The standard InChI is InChI=1S/C12H10F3N3O/c13-12(14,15)8-2-1-3-10(4-8)19-11-7-17-9(5-16)6-18-11/h1-4,6-7H,5,16H2. The van der Waals surface area contributed by atoms with Gasteiger partial charge >= 0.3 is 6.18 Å². The molecular formula is C12H10F3N3O. The molecule has 2 aromatic rings. The van der Waals surface area contributed by atoms with E-state index in [1.54, 1.807) is 0 Å². The molecule has 0 aliphatic carbocycles. The van der Waals surface area contributed by atoms with E-state index < -0.39 is 11.7 Å². The molecule has 0 unspecified atom stereocenters. The highest BCUT2D eigenvalue weighted by molar-refractivity contribution is 5.32. The number of nitrogens with two attached hydrogens (primary N) is 1. The van der Waals surface area contributed by atoms with Gasteiger partial charge in [-0.25, -0.2) is 4.98 Å². The lowest BCUT2D eigenvalue weighted by Crippen LogP contribution is -2.04. The molecule has 0 aliphatic heterocycles. The Morgan fingerprint density at radius 3 is 2.53 bits per heavy atom. The smallest absolute Gasteiger partial charge is 0.416 e. The first-order valence-electron chi connectivity index (χ1n) is 5.35. The monoisotopic (exact) mass is 269 g/mol. The molecular weight excluding hydrogens is 259 g/mol. The van der Waals surface area contributed by atoms with Gasteiger partial charge < -0.3 is 10.5 Å². The average Bonchev–Trinajstić information content (AvgIpc) is 2.39. The van der Waals surface area contributed by atoms with Crippen LogP contribution in [0.1, 0.15) is 11.3 Å². The number of ether oxygens (including phenoxy) is 1. The molecule has 1 aromatic heterocycles. The van der Waals surface area contributed by atoms with Gasteiger partial charge in [0.25, 0.3) is 0 Å². The lowest BCUT2D eigenvalue weighted by Gasteiger charge is -2.09. The molecule has 0 aliphatic rings.